The van der Waals surface area contributed by atoms with E-state index in [0.717, 1.165) is 11.1 Å². The highest BCUT2D eigenvalue weighted by atomic mass is 16.4. The smallest absolute Gasteiger partial charge is 0.354 e. The molecule has 1 N–H and O–H groups in total. The van der Waals surface area contributed by atoms with Crippen molar-refractivity contribution < 1.29 is 9.90 Å². The lowest BCUT2D eigenvalue weighted by molar-refractivity contribution is 0.0691. The minimum Gasteiger partial charge on any atom is -0.477 e. The van der Waals surface area contributed by atoms with Gasteiger partial charge in [0.15, 0.2) is 5.69 Å². The number of para-hydroxylation sites is 1. The molecule has 2 aromatic rings. The van der Waals surface area contributed by atoms with Crippen molar-refractivity contribution in [1.29, 1.82) is 0 Å². The first kappa shape index (κ1) is 11.9. The molecular formula is C14H12N2O2. The van der Waals surface area contributed by atoms with E-state index in [1.165, 1.54) is 0 Å². The Morgan fingerprint density at radius 1 is 1.50 bits per heavy atom. The number of carboxylic acids is 1. The van der Waals surface area contributed by atoms with E-state index >= 15 is 0 Å². The van der Waals surface area contributed by atoms with Crippen LogP contribution in [-0.2, 0) is 0 Å². The molecule has 0 aliphatic carbocycles. The number of hydrogen-bond acceptors (Lipinski definition) is 3. The van der Waals surface area contributed by atoms with Crippen LogP contribution in [0.4, 0.5) is 5.69 Å². The number of nitrogens with zero attached hydrogens (tertiary/aromatic N) is 2. The van der Waals surface area contributed by atoms with Gasteiger partial charge >= 0.3 is 5.97 Å². The number of carboxylic acid groups (broad SMARTS) is 1. The number of anilines is 1. The van der Waals surface area contributed by atoms with Gasteiger partial charge in [0.25, 0.3) is 0 Å². The summed E-state index contributed by atoms with van der Waals surface area (Å²) in [4.78, 5) is 17.0. The molecule has 0 aliphatic heterocycles. The van der Waals surface area contributed by atoms with Crippen LogP contribution in [0.2, 0.25) is 0 Å². The zero-order valence-electron chi connectivity index (χ0n) is 9.92. The minimum absolute atomic E-state index is 0.0209. The van der Waals surface area contributed by atoms with Gasteiger partial charge < -0.3 is 10.0 Å². The number of aromatic carboxylic acids is 1. The van der Waals surface area contributed by atoms with E-state index in [0.29, 0.717) is 12.1 Å². The van der Waals surface area contributed by atoms with Crippen molar-refractivity contribution >= 4 is 22.6 Å². The minimum atomic E-state index is -1.05. The molecule has 0 radical (unpaired) electrons. The fourth-order valence-corrected chi connectivity index (χ4v) is 1.80. The van der Waals surface area contributed by atoms with Gasteiger partial charge in [-0.25, -0.2) is 9.78 Å². The molecule has 0 saturated carbocycles. The van der Waals surface area contributed by atoms with Crippen molar-refractivity contribution in [1.82, 2.24) is 4.98 Å². The molecule has 4 nitrogen and oxygen atoms in total. The molecule has 0 saturated heterocycles. The molecule has 1 aromatic carbocycles. The summed E-state index contributed by atoms with van der Waals surface area (Å²) < 4.78 is 0. The maximum atomic E-state index is 11.1. The third kappa shape index (κ3) is 2.11. The highest BCUT2D eigenvalue weighted by molar-refractivity contribution is 5.97. The van der Waals surface area contributed by atoms with Crippen LogP contribution in [0.25, 0.3) is 10.9 Å². The number of fused-ring (bicyclic) bond motifs is 1. The summed E-state index contributed by atoms with van der Waals surface area (Å²) in [5.74, 6) is 1.49. The van der Waals surface area contributed by atoms with Gasteiger partial charge in [0.1, 0.15) is 0 Å². The fraction of sp³-hybridized carbons (Fsp3) is 0.143. The van der Waals surface area contributed by atoms with E-state index < -0.39 is 5.97 Å². The van der Waals surface area contributed by atoms with Crippen molar-refractivity contribution in [3.05, 3.63) is 36.0 Å². The second-order valence-corrected chi connectivity index (χ2v) is 3.91. The zero-order chi connectivity index (χ0) is 13.1. The van der Waals surface area contributed by atoms with Gasteiger partial charge in [0.2, 0.25) is 0 Å². The number of rotatable bonds is 3. The fourth-order valence-electron chi connectivity index (χ4n) is 1.80. The first-order valence-corrected chi connectivity index (χ1v) is 5.41. The summed E-state index contributed by atoms with van der Waals surface area (Å²) in [6, 6.07) is 8.94. The average Bonchev–Trinajstić information content (AvgIpc) is 2.37. The molecule has 18 heavy (non-hydrogen) atoms. The van der Waals surface area contributed by atoms with Crippen LogP contribution >= 0.6 is 0 Å². The molecular weight excluding hydrogens is 228 g/mol. The Hall–Kier alpha value is -2.54. The molecule has 2 rings (SSSR count). The van der Waals surface area contributed by atoms with Gasteiger partial charge in [-0.15, -0.1) is 6.42 Å². The van der Waals surface area contributed by atoms with E-state index in [2.05, 4.69) is 10.9 Å². The monoisotopic (exact) mass is 240 g/mol. The van der Waals surface area contributed by atoms with Gasteiger partial charge in [-0.2, -0.15) is 0 Å². The van der Waals surface area contributed by atoms with Crippen molar-refractivity contribution in [3.8, 4) is 12.3 Å². The summed E-state index contributed by atoms with van der Waals surface area (Å²) in [5, 5.41) is 9.95. The first-order chi connectivity index (χ1) is 8.63. The largest absolute Gasteiger partial charge is 0.477 e. The van der Waals surface area contributed by atoms with Gasteiger partial charge in [0.05, 0.1) is 12.1 Å². The van der Waals surface area contributed by atoms with Crippen LogP contribution in [0.15, 0.2) is 30.3 Å². The predicted octanol–water partition coefficient (Wildman–Crippen LogP) is 2.00. The van der Waals surface area contributed by atoms with Crippen LogP contribution in [0.3, 0.4) is 0 Å². The van der Waals surface area contributed by atoms with Crippen LogP contribution in [-0.4, -0.2) is 29.7 Å². The van der Waals surface area contributed by atoms with Crippen molar-refractivity contribution in [3.63, 3.8) is 0 Å². The SMILES string of the molecule is C#CCN(C)c1cc(C(=O)O)nc2ccccc12. The standard InChI is InChI=1S/C14H12N2O2/c1-3-8-16(2)13-9-12(14(17)18)15-11-7-5-4-6-10(11)13/h1,4-7,9H,8H2,2H3,(H,17,18). The summed E-state index contributed by atoms with van der Waals surface area (Å²) in [6.07, 6.45) is 5.29. The second-order valence-electron chi connectivity index (χ2n) is 3.91. The van der Waals surface area contributed by atoms with Gasteiger partial charge in [-0.05, 0) is 12.1 Å². The summed E-state index contributed by atoms with van der Waals surface area (Å²) >= 11 is 0. The lowest BCUT2D eigenvalue weighted by Gasteiger charge is -2.18. The predicted molar refractivity (Wildman–Crippen MR) is 70.8 cm³/mol. The van der Waals surface area contributed by atoms with Gasteiger partial charge in [-0.3, -0.25) is 0 Å². The van der Waals surface area contributed by atoms with Gasteiger partial charge in [-0.1, -0.05) is 24.1 Å². The lowest BCUT2D eigenvalue weighted by Crippen LogP contribution is -2.18. The number of benzene rings is 1. The van der Waals surface area contributed by atoms with Crippen LogP contribution in [0.1, 0.15) is 10.5 Å². The molecule has 0 fully saturated rings. The highest BCUT2D eigenvalue weighted by Crippen LogP contribution is 2.25. The molecule has 0 spiro atoms. The first-order valence-electron chi connectivity index (χ1n) is 5.41. The maximum absolute atomic E-state index is 11.1. The van der Waals surface area contributed by atoms with Crippen molar-refractivity contribution in [2.45, 2.75) is 0 Å². The molecule has 1 heterocycles. The highest BCUT2D eigenvalue weighted by Gasteiger charge is 2.12. The lowest BCUT2D eigenvalue weighted by atomic mass is 10.1. The van der Waals surface area contributed by atoms with Crippen LogP contribution < -0.4 is 4.90 Å². The third-order valence-electron chi connectivity index (χ3n) is 2.65. The zero-order valence-corrected chi connectivity index (χ0v) is 9.92. The quantitative estimate of drug-likeness (QED) is 0.834. The number of carbonyl (C=O) groups is 1. The van der Waals surface area contributed by atoms with E-state index in [1.807, 2.05) is 30.1 Å². The summed E-state index contributed by atoms with van der Waals surface area (Å²) in [6.45, 7) is 0.410. The molecule has 1 aromatic heterocycles. The van der Waals surface area contributed by atoms with Crippen LogP contribution in [0.5, 0.6) is 0 Å². The Bertz CT molecular complexity index is 644. The topological polar surface area (TPSA) is 53.4 Å². The van der Waals surface area contributed by atoms with E-state index in [9.17, 15) is 4.79 Å². The molecule has 0 atom stereocenters. The maximum Gasteiger partial charge on any atom is 0.354 e. The average molecular weight is 240 g/mol. The number of terminal acetylenes is 1. The number of pyridine rings is 1. The van der Waals surface area contributed by atoms with E-state index in [-0.39, 0.29) is 5.69 Å². The van der Waals surface area contributed by atoms with Crippen molar-refractivity contribution in [2.75, 3.05) is 18.5 Å². The Kier molecular flexibility index (Phi) is 3.16. The van der Waals surface area contributed by atoms with Crippen molar-refractivity contribution in [2.24, 2.45) is 0 Å². The number of hydrogen-bond donors (Lipinski definition) is 1. The molecule has 0 bridgehead atoms. The normalized spacial score (nSPS) is 10.0. The van der Waals surface area contributed by atoms with E-state index in [1.54, 1.807) is 12.1 Å². The summed E-state index contributed by atoms with van der Waals surface area (Å²) in [7, 11) is 1.83. The Morgan fingerprint density at radius 2 is 2.22 bits per heavy atom. The Morgan fingerprint density at radius 3 is 2.89 bits per heavy atom. The number of aromatic nitrogens is 1. The third-order valence-corrected chi connectivity index (χ3v) is 2.65. The Balaban J connectivity index is 2.68. The van der Waals surface area contributed by atoms with Crippen LogP contribution in [0, 0.1) is 12.3 Å². The summed E-state index contributed by atoms with van der Waals surface area (Å²) in [5.41, 5.74) is 1.44. The van der Waals surface area contributed by atoms with Gasteiger partial charge in [0, 0.05) is 18.1 Å². The molecule has 0 aliphatic rings. The molecule has 0 unspecified atom stereocenters. The molecule has 4 heteroatoms. The molecule has 90 valence electrons. The Labute approximate surface area is 105 Å². The molecule has 0 amide bonds. The second kappa shape index (κ2) is 4.76. The van der Waals surface area contributed by atoms with E-state index in [4.69, 9.17) is 11.5 Å².